The molecule has 228 valence electrons. The van der Waals surface area contributed by atoms with Gasteiger partial charge in [0.2, 0.25) is 0 Å². The first-order valence-corrected chi connectivity index (χ1v) is 15.4. The van der Waals surface area contributed by atoms with E-state index in [-0.39, 0.29) is 26.2 Å². The van der Waals surface area contributed by atoms with Crippen LogP contribution in [0.3, 0.4) is 0 Å². The maximum Gasteiger partial charge on any atom is 0.281 e. The van der Waals surface area contributed by atoms with Gasteiger partial charge in [-0.1, -0.05) is 89.4 Å². The Morgan fingerprint density at radius 2 is 1.13 bits per heavy atom. The zero-order valence-electron chi connectivity index (χ0n) is 24.4. The standard InChI is InChI=1S/C35H23Cl3FN5O2/c1-19-29-31(21-10-4-3-5-11-21)30-20(2)41-44(35(46)24-13-7-9-15-26(24)37)33(30)42(22-16-17-28(39)27(38)18-22)32(29)43(40-19)34(45)23-12-6-8-14-25(23)36/h3-18,31H,1-2H3. The van der Waals surface area contributed by atoms with Gasteiger partial charge in [0.1, 0.15) is 5.82 Å². The van der Waals surface area contributed by atoms with Crippen LogP contribution in [-0.2, 0) is 0 Å². The molecule has 1 aliphatic heterocycles. The van der Waals surface area contributed by atoms with Crippen LogP contribution in [0.1, 0.15) is 54.7 Å². The molecule has 3 heterocycles. The van der Waals surface area contributed by atoms with Crippen molar-refractivity contribution in [3.8, 4) is 0 Å². The molecule has 1 aliphatic rings. The van der Waals surface area contributed by atoms with Crippen LogP contribution < -0.4 is 4.90 Å². The van der Waals surface area contributed by atoms with Gasteiger partial charge in [-0.25, -0.2) is 4.39 Å². The molecule has 0 N–H and O–H groups in total. The number of carbonyl (C=O) groups excluding carboxylic acids is 2. The third kappa shape index (κ3) is 4.72. The molecule has 0 aliphatic carbocycles. The minimum absolute atomic E-state index is 0.147. The van der Waals surface area contributed by atoms with Gasteiger partial charge in [0, 0.05) is 17.0 Å². The van der Waals surface area contributed by atoms with Gasteiger partial charge < -0.3 is 0 Å². The van der Waals surface area contributed by atoms with E-state index in [2.05, 4.69) is 0 Å². The summed E-state index contributed by atoms with van der Waals surface area (Å²) >= 11 is 19.4. The molecule has 0 unspecified atom stereocenters. The first kappa shape index (κ1) is 29.9. The summed E-state index contributed by atoms with van der Waals surface area (Å²) in [5.41, 5.74) is 4.26. The van der Waals surface area contributed by atoms with Crippen molar-refractivity contribution in [2.45, 2.75) is 19.8 Å². The van der Waals surface area contributed by atoms with E-state index in [0.29, 0.717) is 39.8 Å². The van der Waals surface area contributed by atoms with E-state index in [1.54, 1.807) is 53.4 Å². The van der Waals surface area contributed by atoms with Crippen LogP contribution in [0, 0.1) is 19.7 Å². The molecule has 7 rings (SSSR count). The number of hydrogen-bond donors (Lipinski definition) is 0. The fourth-order valence-electron chi connectivity index (χ4n) is 6.03. The number of aryl methyl sites for hydroxylation is 2. The zero-order valence-corrected chi connectivity index (χ0v) is 26.6. The van der Waals surface area contributed by atoms with E-state index in [1.807, 2.05) is 44.2 Å². The fourth-order valence-corrected chi connectivity index (χ4v) is 6.64. The number of halogens is 4. The Hall–Kier alpha value is -4.76. The van der Waals surface area contributed by atoms with E-state index in [4.69, 9.17) is 45.0 Å². The molecule has 0 saturated heterocycles. The second-order valence-corrected chi connectivity index (χ2v) is 12.0. The highest BCUT2D eigenvalue weighted by atomic mass is 35.5. The molecular weight excluding hydrogens is 648 g/mol. The van der Waals surface area contributed by atoms with Crippen molar-refractivity contribution in [2.75, 3.05) is 4.90 Å². The van der Waals surface area contributed by atoms with Crippen LogP contribution in [-0.4, -0.2) is 31.4 Å². The number of aromatic nitrogens is 4. The van der Waals surface area contributed by atoms with Crippen molar-refractivity contribution < 1.29 is 14.0 Å². The molecule has 0 atom stereocenters. The summed E-state index contributed by atoms with van der Waals surface area (Å²) in [6.45, 7) is 3.64. The number of rotatable bonds is 4. The van der Waals surface area contributed by atoms with Gasteiger partial charge in [0.05, 0.1) is 43.3 Å². The Morgan fingerprint density at radius 1 is 0.652 bits per heavy atom. The molecule has 11 heteroatoms. The van der Waals surface area contributed by atoms with Gasteiger partial charge in [-0.2, -0.15) is 19.6 Å². The lowest BCUT2D eigenvalue weighted by Crippen LogP contribution is -2.30. The van der Waals surface area contributed by atoms with Gasteiger partial charge in [-0.3, -0.25) is 14.5 Å². The normalized spacial score (nSPS) is 12.6. The monoisotopic (exact) mass is 669 g/mol. The lowest BCUT2D eigenvalue weighted by molar-refractivity contribution is 0.0942. The number of carbonyl (C=O) groups is 2. The predicted octanol–water partition coefficient (Wildman–Crippen LogP) is 9.14. The van der Waals surface area contributed by atoms with Crippen LogP contribution in [0.5, 0.6) is 0 Å². The third-order valence-corrected chi connectivity index (χ3v) is 9.00. The second kappa shape index (κ2) is 11.6. The first-order chi connectivity index (χ1) is 22.2. The Labute approximate surface area is 278 Å². The lowest BCUT2D eigenvalue weighted by Gasteiger charge is -2.35. The molecule has 2 aromatic heterocycles. The molecule has 0 saturated carbocycles. The lowest BCUT2D eigenvalue weighted by atomic mass is 9.82. The average Bonchev–Trinajstić information content (AvgIpc) is 3.58. The van der Waals surface area contributed by atoms with Gasteiger partial charge in [0.25, 0.3) is 11.8 Å². The number of benzene rings is 4. The molecule has 6 aromatic rings. The maximum absolute atomic E-state index is 14.6. The van der Waals surface area contributed by atoms with Crippen LogP contribution in [0.4, 0.5) is 21.7 Å². The number of fused-ring (bicyclic) bond motifs is 2. The van der Waals surface area contributed by atoms with E-state index >= 15 is 0 Å². The van der Waals surface area contributed by atoms with E-state index in [1.165, 1.54) is 27.6 Å². The average molecular weight is 671 g/mol. The van der Waals surface area contributed by atoms with Crippen molar-refractivity contribution in [3.05, 3.63) is 157 Å². The Balaban J connectivity index is 1.60. The van der Waals surface area contributed by atoms with Crippen molar-refractivity contribution in [3.63, 3.8) is 0 Å². The van der Waals surface area contributed by atoms with Crippen molar-refractivity contribution in [1.82, 2.24) is 19.6 Å². The predicted molar refractivity (Wildman–Crippen MR) is 177 cm³/mol. The molecule has 0 bridgehead atoms. The molecule has 0 amide bonds. The van der Waals surface area contributed by atoms with Crippen LogP contribution in [0.2, 0.25) is 15.1 Å². The van der Waals surface area contributed by atoms with Gasteiger partial charge in [-0.15, -0.1) is 0 Å². The van der Waals surface area contributed by atoms with Gasteiger partial charge >= 0.3 is 0 Å². The largest absolute Gasteiger partial charge is 0.281 e. The number of hydrogen-bond acceptors (Lipinski definition) is 5. The van der Waals surface area contributed by atoms with Crippen molar-refractivity contribution in [2.24, 2.45) is 0 Å². The molecule has 7 nitrogen and oxygen atoms in total. The highest BCUT2D eigenvalue weighted by molar-refractivity contribution is 6.34. The summed E-state index contributed by atoms with van der Waals surface area (Å²) in [4.78, 5) is 30.3. The minimum atomic E-state index is -0.626. The second-order valence-electron chi connectivity index (χ2n) is 10.8. The number of nitrogens with zero attached hydrogens (tertiary/aromatic N) is 5. The molecule has 0 fully saturated rings. The summed E-state index contributed by atoms with van der Waals surface area (Å²) in [5, 5.41) is 9.88. The maximum atomic E-state index is 14.6. The summed E-state index contributed by atoms with van der Waals surface area (Å²) in [6, 6.07) is 27.3. The van der Waals surface area contributed by atoms with Crippen molar-refractivity contribution in [1.29, 1.82) is 0 Å². The molecule has 4 aromatic carbocycles. The highest BCUT2D eigenvalue weighted by Gasteiger charge is 2.44. The van der Waals surface area contributed by atoms with Gasteiger partial charge in [0.15, 0.2) is 11.6 Å². The highest BCUT2D eigenvalue weighted by Crippen LogP contribution is 2.54. The Kier molecular flexibility index (Phi) is 7.51. The summed E-state index contributed by atoms with van der Waals surface area (Å²) in [6.07, 6.45) is 0. The molecule has 0 spiro atoms. The van der Waals surface area contributed by atoms with E-state index in [9.17, 15) is 14.0 Å². The van der Waals surface area contributed by atoms with Gasteiger partial charge in [-0.05, 0) is 61.9 Å². The SMILES string of the molecule is Cc1nn(C(=O)c2ccccc2Cl)c2c1C(c1ccccc1)c1c(C)nn(C(=O)c3ccccc3Cl)c1N2c1ccc(F)c(Cl)c1. The summed E-state index contributed by atoms with van der Waals surface area (Å²) in [5.74, 6) is -1.44. The van der Waals surface area contributed by atoms with Crippen LogP contribution in [0.25, 0.3) is 0 Å². The molecular formula is C35H23Cl3FN5O2. The molecule has 0 radical (unpaired) electrons. The van der Waals surface area contributed by atoms with E-state index < -0.39 is 23.5 Å². The smallest absolute Gasteiger partial charge is 0.278 e. The minimum Gasteiger partial charge on any atom is -0.278 e. The Morgan fingerprint density at radius 3 is 1.61 bits per heavy atom. The van der Waals surface area contributed by atoms with Crippen molar-refractivity contribution >= 4 is 63.9 Å². The van der Waals surface area contributed by atoms with E-state index in [0.717, 1.165) is 5.56 Å². The number of anilines is 3. The van der Waals surface area contributed by atoms with Crippen LogP contribution in [0.15, 0.2) is 97.1 Å². The Bertz CT molecular complexity index is 2080. The summed E-state index contributed by atoms with van der Waals surface area (Å²) < 4.78 is 17.1. The quantitative estimate of drug-likeness (QED) is 0.187. The topological polar surface area (TPSA) is 73.0 Å². The third-order valence-electron chi connectivity index (χ3n) is 8.05. The molecule has 46 heavy (non-hydrogen) atoms. The zero-order chi connectivity index (χ0) is 32.3. The first-order valence-electron chi connectivity index (χ1n) is 14.2. The fraction of sp³-hybridized carbons (Fsp3) is 0.0857. The van der Waals surface area contributed by atoms with Crippen LogP contribution >= 0.6 is 34.8 Å². The summed E-state index contributed by atoms with van der Waals surface area (Å²) in [7, 11) is 0.